The first-order valence-electron chi connectivity index (χ1n) is 13.1. The predicted molar refractivity (Wildman–Crippen MR) is 148 cm³/mol. The summed E-state index contributed by atoms with van der Waals surface area (Å²) in [6.45, 7) is 0.417. The van der Waals surface area contributed by atoms with Crippen molar-refractivity contribution in [3.63, 3.8) is 0 Å². The molecule has 0 saturated heterocycles. The van der Waals surface area contributed by atoms with Crippen LogP contribution in [0.4, 0.5) is 0 Å². The van der Waals surface area contributed by atoms with E-state index in [4.69, 9.17) is 21.3 Å². The third-order valence-electron chi connectivity index (χ3n) is 8.45. The zero-order chi connectivity index (χ0) is 24.8. The van der Waals surface area contributed by atoms with Crippen molar-refractivity contribution in [3.8, 4) is 17.1 Å². The molecular weight excluding hydrogens is 478 g/mol. The lowest BCUT2D eigenvalue weighted by Crippen LogP contribution is -2.34. The predicted octanol–water partition coefficient (Wildman–Crippen LogP) is 7.96. The number of halogens is 1. The van der Waals surface area contributed by atoms with Crippen LogP contribution in [0.15, 0.2) is 91.1 Å². The third-order valence-corrected chi connectivity index (χ3v) is 8.64. The molecule has 0 radical (unpaired) electrons. The van der Waals surface area contributed by atoms with Crippen LogP contribution >= 0.6 is 11.6 Å². The Labute approximate surface area is 221 Å². The third kappa shape index (κ3) is 3.91. The number of nitrogens with one attached hydrogen (secondary N) is 1. The van der Waals surface area contributed by atoms with Crippen LogP contribution in [0.1, 0.15) is 42.5 Å². The number of hydrogen-bond acceptors (Lipinski definition) is 3. The van der Waals surface area contributed by atoms with Crippen molar-refractivity contribution < 1.29 is 4.74 Å². The highest BCUT2D eigenvalue weighted by Gasteiger charge is 2.53. The maximum Gasteiger partial charge on any atom is 0.138 e. The van der Waals surface area contributed by atoms with Crippen molar-refractivity contribution in [1.82, 2.24) is 15.0 Å². The molecule has 2 bridgehead atoms. The molecule has 5 heteroatoms. The quantitative estimate of drug-likeness (QED) is 0.254. The molecule has 37 heavy (non-hydrogen) atoms. The number of fused-ring (bicyclic) bond motifs is 3. The van der Waals surface area contributed by atoms with Gasteiger partial charge in [0.15, 0.2) is 0 Å². The Balaban J connectivity index is 1.31. The molecule has 184 valence electrons. The van der Waals surface area contributed by atoms with Gasteiger partial charge in [-0.25, -0.2) is 9.97 Å². The lowest BCUT2D eigenvalue weighted by atomic mass is 9.63. The zero-order valence-corrected chi connectivity index (χ0v) is 21.3. The van der Waals surface area contributed by atoms with Gasteiger partial charge in [0.25, 0.3) is 0 Å². The van der Waals surface area contributed by atoms with E-state index < -0.39 is 0 Å². The molecule has 2 saturated carbocycles. The maximum atomic E-state index is 6.38. The van der Waals surface area contributed by atoms with E-state index in [-0.39, 0.29) is 5.41 Å². The number of para-hydroxylation sites is 1. The molecule has 2 aromatic heterocycles. The number of H-pyrrole nitrogens is 1. The van der Waals surface area contributed by atoms with Crippen LogP contribution in [0.3, 0.4) is 0 Å². The van der Waals surface area contributed by atoms with Gasteiger partial charge in [0.05, 0.1) is 17.4 Å². The first kappa shape index (κ1) is 22.6. The molecule has 7 rings (SSSR count). The van der Waals surface area contributed by atoms with Crippen LogP contribution in [-0.4, -0.2) is 15.0 Å². The smallest absolute Gasteiger partial charge is 0.138 e. The Hall–Kier alpha value is -3.63. The minimum absolute atomic E-state index is 0.0701. The maximum absolute atomic E-state index is 6.38. The van der Waals surface area contributed by atoms with E-state index in [1.807, 2.05) is 30.3 Å². The fraction of sp³-hybridized carbons (Fsp3) is 0.250. The molecule has 3 atom stereocenters. The highest BCUT2D eigenvalue weighted by atomic mass is 35.5. The van der Waals surface area contributed by atoms with E-state index in [1.165, 1.54) is 30.4 Å². The normalized spacial score (nSPS) is 22.5. The van der Waals surface area contributed by atoms with Crippen LogP contribution in [0, 0.1) is 11.8 Å². The molecular formula is C32H28ClN3O. The van der Waals surface area contributed by atoms with Crippen LogP contribution in [-0.2, 0) is 12.0 Å². The van der Waals surface area contributed by atoms with Gasteiger partial charge in [-0.2, -0.15) is 0 Å². The summed E-state index contributed by atoms with van der Waals surface area (Å²) in [5, 5.41) is 1.68. The molecule has 1 N–H and O–H groups in total. The van der Waals surface area contributed by atoms with Gasteiger partial charge in [-0.15, -0.1) is 0 Å². The fourth-order valence-corrected chi connectivity index (χ4v) is 7.01. The van der Waals surface area contributed by atoms with Crippen molar-refractivity contribution in [1.29, 1.82) is 0 Å². The van der Waals surface area contributed by atoms with Gasteiger partial charge >= 0.3 is 0 Å². The Bertz CT molecular complexity index is 1580. The number of aromatic nitrogens is 3. The second-order valence-corrected chi connectivity index (χ2v) is 10.9. The van der Waals surface area contributed by atoms with Crippen LogP contribution < -0.4 is 4.74 Å². The molecule has 2 aliphatic carbocycles. The summed E-state index contributed by atoms with van der Waals surface area (Å²) in [5.41, 5.74) is 5.59. The average Bonchev–Trinajstić information content (AvgIpc) is 3.69. The van der Waals surface area contributed by atoms with Crippen molar-refractivity contribution in [2.45, 2.75) is 37.7 Å². The molecule has 0 spiro atoms. The van der Waals surface area contributed by atoms with Gasteiger partial charge in [-0.05, 0) is 72.6 Å². The van der Waals surface area contributed by atoms with Crippen molar-refractivity contribution in [3.05, 3.63) is 113 Å². The topological polar surface area (TPSA) is 50.8 Å². The summed E-state index contributed by atoms with van der Waals surface area (Å²) in [5.74, 6) is 3.01. The standard InChI is InChI=1S/C32H28ClN3O/c33-30-19-34-31(36-30)27-15-14-26(37-20-25-13-11-22-6-4-5-9-29(22)35-25)17-28(27)32(23-7-2-1-3-8-23)18-21-10-12-24(32)16-21/h1-9,11,13-15,17,19,21,24H,10,12,16,18,20H2,(H,34,36). The lowest BCUT2D eigenvalue weighted by molar-refractivity contribution is 0.296. The van der Waals surface area contributed by atoms with E-state index in [2.05, 4.69) is 64.6 Å². The van der Waals surface area contributed by atoms with Crippen LogP contribution in [0.2, 0.25) is 5.15 Å². The number of ether oxygens (including phenoxy) is 1. The van der Waals surface area contributed by atoms with E-state index in [9.17, 15) is 0 Å². The number of nitrogens with zero attached hydrogens (tertiary/aromatic N) is 2. The number of imidazole rings is 1. The Morgan fingerprint density at radius 3 is 2.59 bits per heavy atom. The SMILES string of the molecule is Clc1cnc(-c2ccc(OCc3ccc4ccccc4n3)cc2C2(c3ccccc3)CC3CCC2C3)[nH]1. The monoisotopic (exact) mass is 505 g/mol. The molecule has 2 heterocycles. The van der Waals surface area contributed by atoms with Gasteiger partial charge < -0.3 is 9.72 Å². The van der Waals surface area contributed by atoms with Gasteiger partial charge in [0, 0.05) is 16.4 Å². The second-order valence-electron chi connectivity index (χ2n) is 10.5. The largest absolute Gasteiger partial charge is 0.487 e. The van der Waals surface area contributed by atoms with Crippen molar-refractivity contribution in [2.24, 2.45) is 11.8 Å². The van der Waals surface area contributed by atoms with Crippen molar-refractivity contribution >= 4 is 22.5 Å². The van der Waals surface area contributed by atoms with E-state index in [0.717, 1.165) is 46.1 Å². The molecule has 5 aromatic rings. The molecule has 3 aromatic carbocycles. The number of benzene rings is 3. The van der Waals surface area contributed by atoms with Gasteiger partial charge in [-0.1, -0.05) is 72.6 Å². The van der Waals surface area contributed by atoms with Gasteiger partial charge in [0.1, 0.15) is 23.3 Å². The summed E-state index contributed by atoms with van der Waals surface area (Å²) in [4.78, 5) is 12.7. The minimum atomic E-state index is -0.0701. The number of hydrogen-bond donors (Lipinski definition) is 1. The van der Waals surface area contributed by atoms with Crippen molar-refractivity contribution in [2.75, 3.05) is 0 Å². The first-order chi connectivity index (χ1) is 18.2. The van der Waals surface area contributed by atoms with Gasteiger partial charge in [0.2, 0.25) is 0 Å². The van der Waals surface area contributed by atoms with E-state index in [1.54, 1.807) is 6.20 Å². The zero-order valence-electron chi connectivity index (χ0n) is 20.5. The summed E-state index contributed by atoms with van der Waals surface area (Å²) < 4.78 is 6.38. The Morgan fingerprint density at radius 2 is 1.81 bits per heavy atom. The number of aromatic amines is 1. The summed E-state index contributed by atoms with van der Waals surface area (Å²) in [6, 6.07) is 29.8. The highest BCUT2D eigenvalue weighted by molar-refractivity contribution is 6.29. The Kier molecular flexibility index (Phi) is 5.51. The number of rotatable bonds is 6. The lowest BCUT2D eigenvalue weighted by Gasteiger charge is -2.40. The highest BCUT2D eigenvalue weighted by Crippen LogP contribution is 2.61. The molecule has 2 aliphatic rings. The molecule has 4 nitrogen and oxygen atoms in total. The minimum Gasteiger partial charge on any atom is -0.487 e. The summed E-state index contributed by atoms with van der Waals surface area (Å²) in [6.07, 6.45) is 6.69. The van der Waals surface area contributed by atoms with E-state index >= 15 is 0 Å². The summed E-state index contributed by atoms with van der Waals surface area (Å²) in [7, 11) is 0. The number of pyridine rings is 1. The molecule has 2 fully saturated rings. The average molecular weight is 506 g/mol. The van der Waals surface area contributed by atoms with Gasteiger partial charge in [-0.3, -0.25) is 0 Å². The summed E-state index contributed by atoms with van der Waals surface area (Å²) >= 11 is 6.28. The van der Waals surface area contributed by atoms with Crippen LogP contribution in [0.25, 0.3) is 22.3 Å². The fourth-order valence-electron chi connectivity index (χ4n) is 6.87. The van der Waals surface area contributed by atoms with Crippen LogP contribution in [0.5, 0.6) is 5.75 Å². The van der Waals surface area contributed by atoms with E-state index in [0.29, 0.717) is 17.7 Å². The molecule has 3 unspecified atom stereocenters. The molecule has 0 amide bonds. The Morgan fingerprint density at radius 1 is 0.946 bits per heavy atom. The second kappa shape index (κ2) is 9.04. The molecule has 0 aliphatic heterocycles. The first-order valence-corrected chi connectivity index (χ1v) is 13.5.